The van der Waals surface area contributed by atoms with Gasteiger partial charge in [-0.1, -0.05) is 23.5 Å². The number of rotatable bonds is 2. The largest absolute Gasteiger partial charge is 0.353 e. The predicted octanol–water partition coefficient (Wildman–Crippen LogP) is 2.89. The molecule has 0 unspecified atom stereocenters. The normalized spacial score (nSPS) is 14.9. The zero-order chi connectivity index (χ0) is 15.6. The summed E-state index contributed by atoms with van der Waals surface area (Å²) in [6, 6.07) is 14.0. The van der Waals surface area contributed by atoms with Gasteiger partial charge in [-0.3, -0.25) is 0 Å². The quantitative estimate of drug-likeness (QED) is 0.726. The molecule has 1 aliphatic rings. The van der Waals surface area contributed by atoms with Crippen molar-refractivity contribution in [2.75, 3.05) is 36.0 Å². The third-order valence-electron chi connectivity index (χ3n) is 4.03. The van der Waals surface area contributed by atoms with Gasteiger partial charge in [-0.2, -0.15) is 5.26 Å². The standard InChI is InChI=1S/C17H15N5S/c18-12-13-5-6-19-16(11-13)21-7-9-22(10-8-21)17-20-14-3-1-2-4-15(14)23-17/h1-6,11H,7-10H2. The Kier molecular flexibility index (Phi) is 3.56. The molecule has 23 heavy (non-hydrogen) atoms. The van der Waals surface area contributed by atoms with Gasteiger partial charge in [0, 0.05) is 32.4 Å². The Morgan fingerprint density at radius 2 is 1.83 bits per heavy atom. The molecule has 1 aliphatic heterocycles. The molecule has 6 heteroatoms. The van der Waals surface area contributed by atoms with E-state index in [1.165, 1.54) is 4.70 Å². The lowest BCUT2D eigenvalue weighted by Crippen LogP contribution is -2.46. The molecule has 0 N–H and O–H groups in total. The van der Waals surface area contributed by atoms with E-state index in [9.17, 15) is 0 Å². The van der Waals surface area contributed by atoms with E-state index in [1.54, 1.807) is 23.6 Å². The van der Waals surface area contributed by atoms with Crippen molar-refractivity contribution in [2.24, 2.45) is 0 Å². The first-order valence-corrected chi connectivity index (χ1v) is 8.37. The number of piperazine rings is 1. The van der Waals surface area contributed by atoms with Crippen LogP contribution in [0.25, 0.3) is 10.2 Å². The van der Waals surface area contributed by atoms with Crippen LogP contribution in [-0.2, 0) is 0 Å². The molecule has 1 saturated heterocycles. The fourth-order valence-corrected chi connectivity index (χ4v) is 3.80. The smallest absolute Gasteiger partial charge is 0.186 e. The van der Waals surface area contributed by atoms with E-state index in [0.29, 0.717) is 5.56 Å². The molecular formula is C17H15N5S. The van der Waals surface area contributed by atoms with Crippen LogP contribution in [0.4, 0.5) is 10.9 Å². The fourth-order valence-electron chi connectivity index (χ4n) is 2.78. The minimum atomic E-state index is 0.656. The van der Waals surface area contributed by atoms with Crippen molar-refractivity contribution in [1.82, 2.24) is 9.97 Å². The predicted molar refractivity (Wildman–Crippen MR) is 93.0 cm³/mol. The summed E-state index contributed by atoms with van der Waals surface area (Å²) in [5.74, 6) is 0.882. The van der Waals surface area contributed by atoms with E-state index in [0.717, 1.165) is 42.6 Å². The van der Waals surface area contributed by atoms with Gasteiger partial charge in [-0.15, -0.1) is 0 Å². The lowest BCUT2D eigenvalue weighted by Gasteiger charge is -2.35. The highest BCUT2D eigenvalue weighted by Gasteiger charge is 2.20. The highest BCUT2D eigenvalue weighted by molar-refractivity contribution is 7.22. The van der Waals surface area contributed by atoms with Crippen molar-refractivity contribution < 1.29 is 0 Å². The molecule has 1 fully saturated rings. The zero-order valence-electron chi connectivity index (χ0n) is 12.5. The first-order valence-electron chi connectivity index (χ1n) is 7.55. The highest BCUT2D eigenvalue weighted by Crippen LogP contribution is 2.29. The summed E-state index contributed by atoms with van der Waals surface area (Å²) in [7, 11) is 0. The third kappa shape index (κ3) is 2.71. The Balaban J connectivity index is 1.49. The van der Waals surface area contributed by atoms with Gasteiger partial charge in [-0.05, 0) is 24.3 Å². The number of hydrogen-bond acceptors (Lipinski definition) is 6. The topological polar surface area (TPSA) is 56.1 Å². The summed E-state index contributed by atoms with van der Waals surface area (Å²) in [5.41, 5.74) is 1.72. The van der Waals surface area contributed by atoms with Crippen LogP contribution in [0, 0.1) is 11.3 Å². The van der Waals surface area contributed by atoms with Crippen LogP contribution in [0.15, 0.2) is 42.6 Å². The number of benzene rings is 1. The van der Waals surface area contributed by atoms with Crippen LogP contribution >= 0.6 is 11.3 Å². The second-order valence-electron chi connectivity index (χ2n) is 5.45. The lowest BCUT2D eigenvalue weighted by molar-refractivity contribution is 0.646. The molecular weight excluding hydrogens is 306 g/mol. The average Bonchev–Trinajstić information content (AvgIpc) is 3.06. The summed E-state index contributed by atoms with van der Waals surface area (Å²) in [4.78, 5) is 13.7. The number of thiazole rings is 1. The van der Waals surface area contributed by atoms with Gasteiger partial charge in [-0.25, -0.2) is 9.97 Å². The molecule has 1 aromatic carbocycles. The van der Waals surface area contributed by atoms with E-state index in [4.69, 9.17) is 10.2 Å². The van der Waals surface area contributed by atoms with Crippen molar-refractivity contribution in [3.05, 3.63) is 48.2 Å². The molecule has 0 bridgehead atoms. The SMILES string of the molecule is N#Cc1ccnc(N2CCN(c3nc4ccccc4s3)CC2)c1. The Labute approximate surface area is 138 Å². The summed E-state index contributed by atoms with van der Waals surface area (Å²) in [6.07, 6.45) is 1.70. The Morgan fingerprint density at radius 1 is 1.04 bits per heavy atom. The number of hydrogen-bond donors (Lipinski definition) is 0. The van der Waals surface area contributed by atoms with Gasteiger partial charge in [0.1, 0.15) is 5.82 Å². The van der Waals surface area contributed by atoms with Crippen LogP contribution in [0.1, 0.15) is 5.56 Å². The number of nitrogens with zero attached hydrogens (tertiary/aromatic N) is 5. The number of aromatic nitrogens is 2. The summed E-state index contributed by atoms with van der Waals surface area (Å²) in [5, 5.41) is 10.1. The Bertz CT molecular complexity index is 841. The molecule has 0 saturated carbocycles. The second kappa shape index (κ2) is 5.86. The number of para-hydroxylation sites is 1. The Hall–Kier alpha value is -2.65. The molecule has 0 radical (unpaired) electrons. The number of anilines is 2. The summed E-state index contributed by atoms with van der Waals surface area (Å²) in [6.45, 7) is 3.60. The van der Waals surface area contributed by atoms with Crippen LogP contribution in [0.2, 0.25) is 0 Å². The lowest BCUT2D eigenvalue weighted by atomic mass is 10.2. The molecule has 0 aliphatic carbocycles. The monoisotopic (exact) mass is 321 g/mol. The van der Waals surface area contributed by atoms with Gasteiger partial charge >= 0.3 is 0 Å². The maximum atomic E-state index is 9.01. The van der Waals surface area contributed by atoms with Gasteiger partial charge in [0.15, 0.2) is 5.13 Å². The van der Waals surface area contributed by atoms with Gasteiger partial charge < -0.3 is 9.80 Å². The maximum Gasteiger partial charge on any atom is 0.186 e. The van der Waals surface area contributed by atoms with E-state index in [-0.39, 0.29) is 0 Å². The fraction of sp³-hybridized carbons (Fsp3) is 0.235. The Morgan fingerprint density at radius 3 is 2.61 bits per heavy atom. The van der Waals surface area contributed by atoms with Crippen LogP contribution < -0.4 is 9.80 Å². The molecule has 2 aromatic heterocycles. The first-order chi connectivity index (χ1) is 11.3. The molecule has 0 atom stereocenters. The van der Waals surface area contributed by atoms with Crippen LogP contribution in [-0.4, -0.2) is 36.1 Å². The van der Waals surface area contributed by atoms with Crippen molar-refractivity contribution in [3.63, 3.8) is 0 Å². The zero-order valence-corrected chi connectivity index (χ0v) is 13.3. The minimum absolute atomic E-state index is 0.656. The maximum absolute atomic E-state index is 9.01. The van der Waals surface area contributed by atoms with Crippen LogP contribution in [0.3, 0.4) is 0 Å². The summed E-state index contributed by atoms with van der Waals surface area (Å²) < 4.78 is 1.23. The minimum Gasteiger partial charge on any atom is -0.353 e. The van der Waals surface area contributed by atoms with Crippen molar-refractivity contribution in [2.45, 2.75) is 0 Å². The number of nitriles is 1. The van der Waals surface area contributed by atoms with E-state index < -0.39 is 0 Å². The second-order valence-corrected chi connectivity index (χ2v) is 6.46. The van der Waals surface area contributed by atoms with Gasteiger partial charge in [0.2, 0.25) is 0 Å². The summed E-state index contributed by atoms with van der Waals surface area (Å²) >= 11 is 1.74. The van der Waals surface area contributed by atoms with Gasteiger partial charge in [0.05, 0.1) is 21.8 Å². The number of fused-ring (bicyclic) bond motifs is 1. The molecule has 114 valence electrons. The van der Waals surface area contributed by atoms with Crippen LogP contribution in [0.5, 0.6) is 0 Å². The average molecular weight is 321 g/mol. The molecule has 0 spiro atoms. The van der Waals surface area contributed by atoms with Crippen molar-refractivity contribution >= 4 is 32.5 Å². The van der Waals surface area contributed by atoms with Crippen molar-refractivity contribution in [3.8, 4) is 6.07 Å². The molecule has 3 aromatic rings. The highest BCUT2D eigenvalue weighted by atomic mass is 32.1. The molecule has 0 amide bonds. The van der Waals surface area contributed by atoms with E-state index >= 15 is 0 Å². The number of pyridine rings is 1. The first kappa shape index (κ1) is 14.0. The molecule has 4 rings (SSSR count). The third-order valence-corrected chi connectivity index (χ3v) is 5.13. The van der Waals surface area contributed by atoms with E-state index in [2.05, 4.69) is 39.1 Å². The molecule has 3 heterocycles. The van der Waals surface area contributed by atoms with E-state index in [1.807, 2.05) is 12.1 Å². The van der Waals surface area contributed by atoms with Gasteiger partial charge in [0.25, 0.3) is 0 Å². The molecule has 5 nitrogen and oxygen atoms in total. The van der Waals surface area contributed by atoms with Crippen molar-refractivity contribution in [1.29, 1.82) is 5.26 Å².